The first-order valence-electron chi connectivity index (χ1n) is 7.44. The Hall–Kier alpha value is -1.53. The largest absolute Gasteiger partial charge is 0.330 e. The summed E-state index contributed by atoms with van der Waals surface area (Å²) in [4.78, 5) is 12.3. The molecule has 1 aromatic carbocycles. The predicted octanol–water partition coefficient (Wildman–Crippen LogP) is 2.68. The van der Waals surface area contributed by atoms with Crippen LogP contribution in [0.3, 0.4) is 0 Å². The molecular weight excluding hydrogens is 273 g/mol. The van der Waals surface area contributed by atoms with Gasteiger partial charge in [-0.3, -0.25) is 15.0 Å². The molecule has 0 radical (unpaired) electrons. The number of hydrogen-bond acceptors (Lipinski definition) is 4. The van der Waals surface area contributed by atoms with Crippen molar-refractivity contribution in [3.8, 4) is 0 Å². The molecule has 0 saturated heterocycles. The third-order valence-corrected chi connectivity index (χ3v) is 4.43. The maximum Gasteiger partial charge on any atom is 0.305 e. The lowest BCUT2D eigenvalue weighted by Crippen LogP contribution is -2.40. The Labute approximate surface area is 124 Å². The van der Waals surface area contributed by atoms with Crippen LogP contribution < -0.4 is 5.73 Å². The first-order valence-corrected chi connectivity index (χ1v) is 7.44. The van der Waals surface area contributed by atoms with E-state index in [1.54, 1.807) is 12.1 Å². The highest BCUT2D eigenvalue weighted by Gasteiger charge is 2.31. The molecule has 1 aliphatic rings. The third kappa shape index (κ3) is 3.39. The number of nitrogens with two attached hydrogens (primary N) is 1. The molecule has 2 N–H and O–H groups in total. The van der Waals surface area contributed by atoms with Crippen LogP contribution in [-0.4, -0.2) is 29.0 Å². The van der Waals surface area contributed by atoms with E-state index in [1.807, 2.05) is 6.92 Å². The average molecular weight is 295 g/mol. The van der Waals surface area contributed by atoms with Crippen LogP contribution in [-0.2, 0) is 6.54 Å². The fraction of sp³-hybridized carbons (Fsp3) is 0.600. The molecule has 6 heteroatoms. The summed E-state index contributed by atoms with van der Waals surface area (Å²) in [7, 11) is 0. The fourth-order valence-corrected chi connectivity index (χ4v) is 3.28. The summed E-state index contributed by atoms with van der Waals surface area (Å²) >= 11 is 0. The van der Waals surface area contributed by atoms with Gasteiger partial charge in [-0.15, -0.1) is 0 Å². The molecule has 2 unspecified atom stereocenters. The van der Waals surface area contributed by atoms with Crippen molar-refractivity contribution in [3.63, 3.8) is 0 Å². The van der Waals surface area contributed by atoms with Crippen LogP contribution in [0.25, 0.3) is 0 Å². The molecule has 0 amide bonds. The van der Waals surface area contributed by atoms with E-state index in [0.717, 1.165) is 25.8 Å². The highest BCUT2D eigenvalue weighted by Crippen LogP contribution is 2.31. The molecule has 2 atom stereocenters. The van der Waals surface area contributed by atoms with Crippen molar-refractivity contribution in [3.05, 3.63) is 39.7 Å². The summed E-state index contributed by atoms with van der Waals surface area (Å²) in [6, 6.07) is 4.71. The SMILES string of the molecule is CCN(Cc1cccc([N+](=O)[O-])c1F)C1CCCC1CN. The molecule has 0 spiro atoms. The first kappa shape index (κ1) is 15.9. The average Bonchev–Trinajstić information content (AvgIpc) is 2.94. The van der Waals surface area contributed by atoms with Crippen LogP contribution in [0.1, 0.15) is 31.7 Å². The van der Waals surface area contributed by atoms with Crippen molar-refractivity contribution in [1.82, 2.24) is 4.90 Å². The lowest BCUT2D eigenvalue weighted by Gasteiger charge is -2.31. The van der Waals surface area contributed by atoms with E-state index in [4.69, 9.17) is 5.73 Å². The molecule has 1 aromatic rings. The number of nitro benzene ring substituents is 1. The summed E-state index contributed by atoms with van der Waals surface area (Å²) < 4.78 is 14.2. The second kappa shape index (κ2) is 6.95. The van der Waals surface area contributed by atoms with Gasteiger partial charge >= 0.3 is 5.69 Å². The Morgan fingerprint density at radius 2 is 2.24 bits per heavy atom. The number of halogens is 1. The van der Waals surface area contributed by atoms with Gasteiger partial charge in [0.25, 0.3) is 0 Å². The second-order valence-electron chi connectivity index (χ2n) is 5.56. The van der Waals surface area contributed by atoms with E-state index in [2.05, 4.69) is 4.90 Å². The Morgan fingerprint density at radius 3 is 2.86 bits per heavy atom. The van der Waals surface area contributed by atoms with Crippen LogP contribution in [0.15, 0.2) is 18.2 Å². The molecule has 21 heavy (non-hydrogen) atoms. The van der Waals surface area contributed by atoms with Crippen molar-refractivity contribution in [2.75, 3.05) is 13.1 Å². The van der Waals surface area contributed by atoms with Gasteiger partial charge in [0.05, 0.1) is 4.92 Å². The van der Waals surface area contributed by atoms with E-state index in [0.29, 0.717) is 30.6 Å². The lowest BCUT2D eigenvalue weighted by atomic mass is 10.0. The smallest absolute Gasteiger partial charge is 0.305 e. The van der Waals surface area contributed by atoms with Crippen LogP contribution in [0.5, 0.6) is 0 Å². The van der Waals surface area contributed by atoms with Crippen molar-refractivity contribution in [2.24, 2.45) is 11.7 Å². The zero-order valence-electron chi connectivity index (χ0n) is 12.3. The van der Waals surface area contributed by atoms with E-state index in [9.17, 15) is 14.5 Å². The summed E-state index contributed by atoms with van der Waals surface area (Å²) in [6.45, 7) is 3.84. The number of nitrogens with zero attached hydrogens (tertiary/aromatic N) is 2. The maximum atomic E-state index is 14.2. The molecule has 116 valence electrons. The highest BCUT2D eigenvalue weighted by molar-refractivity contribution is 5.36. The van der Waals surface area contributed by atoms with Crippen molar-refractivity contribution in [2.45, 2.75) is 38.8 Å². The predicted molar refractivity (Wildman–Crippen MR) is 79.3 cm³/mol. The van der Waals surface area contributed by atoms with Crippen molar-refractivity contribution in [1.29, 1.82) is 0 Å². The maximum absolute atomic E-state index is 14.2. The summed E-state index contributed by atoms with van der Waals surface area (Å²) in [5.74, 6) is -0.282. The second-order valence-corrected chi connectivity index (χ2v) is 5.56. The minimum Gasteiger partial charge on any atom is -0.330 e. The van der Waals surface area contributed by atoms with Gasteiger partial charge < -0.3 is 5.73 Å². The quantitative estimate of drug-likeness (QED) is 0.647. The van der Waals surface area contributed by atoms with Crippen molar-refractivity contribution >= 4 is 5.69 Å². The number of rotatable bonds is 6. The van der Waals surface area contributed by atoms with Gasteiger partial charge in [0, 0.05) is 24.2 Å². The van der Waals surface area contributed by atoms with E-state index in [-0.39, 0.29) is 0 Å². The van der Waals surface area contributed by atoms with E-state index >= 15 is 0 Å². The normalized spacial score (nSPS) is 21.9. The minimum absolute atomic E-state index is 0.346. The molecule has 1 saturated carbocycles. The summed E-state index contributed by atoms with van der Waals surface area (Å²) in [5, 5.41) is 10.8. The molecule has 0 heterocycles. The van der Waals surface area contributed by atoms with Gasteiger partial charge in [-0.1, -0.05) is 25.5 Å². The van der Waals surface area contributed by atoms with Gasteiger partial charge in [0.2, 0.25) is 5.82 Å². The molecule has 0 aromatic heterocycles. The Morgan fingerprint density at radius 1 is 1.48 bits per heavy atom. The topological polar surface area (TPSA) is 72.4 Å². The molecule has 0 bridgehead atoms. The summed E-state index contributed by atoms with van der Waals surface area (Å²) in [5.41, 5.74) is 5.74. The minimum atomic E-state index is -0.719. The fourth-order valence-electron chi connectivity index (χ4n) is 3.28. The molecule has 1 aliphatic carbocycles. The van der Waals surface area contributed by atoms with E-state index in [1.165, 1.54) is 6.07 Å². The molecule has 2 rings (SSSR count). The zero-order chi connectivity index (χ0) is 15.4. The Bertz CT molecular complexity index is 510. The number of benzene rings is 1. The summed E-state index contributed by atoms with van der Waals surface area (Å²) in [6.07, 6.45) is 3.31. The molecule has 0 aliphatic heterocycles. The Balaban J connectivity index is 2.19. The van der Waals surface area contributed by atoms with Gasteiger partial charge in [0.15, 0.2) is 0 Å². The monoisotopic (exact) mass is 295 g/mol. The molecule has 5 nitrogen and oxygen atoms in total. The first-order chi connectivity index (χ1) is 10.1. The van der Waals surface area contributed by atoms with Gasteiger partial charge in [-0.05, 0) is 31.8 Å². The third-order valence-electron chi connectivity index (χ3n) is 4.43. The highest BCUT2D eigenvalue weighted by atomic mass is 19.1. The Kier molecular flexibility index (Phi) is 5.25. The van der Waals surface area contributed by atoms with Gasteiger partial charge in [-0.2, -0.15) is 4.39 Å². The van der Waals surface area contributed by atoms with Gasteiger partial charge in [0.1, 0.15) is 0 Å². The zero-order valence-corrected chi connectivity index (χ0v) is 12.3. The number of hydrogen-bond donors (Lipinski definition) is 1. The van der Waals surface area contributed by atoms with Crippen LogP contribution in [0, 0.1) is 21.8 Å². The standard InChI is InChI=1S/C15H22FN3O2/c1-2-18(13-7-3-5-11(13)9-17)10-12-6-4-8-14(15(12)16)19(20)21/h4,6,8,11,13H,2-3,5,7,9-10,17H2,1H3. The molecule has 1 fully saturated rings. The molecular formula is C15H22FN3O2. The van der Waals surface area contributed by atoms with Crippen molar-refractivity contribution < 1.29 is 9.31 Å². The van der Waals surface area contributed by atoms with Gasteiger partial charge in [-0.25, -0.2) is 0 Å². The lowest BCUT2D eigenvalue weighted by molar-refractivity contribution is -0.387. The number of nitro groups is 1. The van der Waals surface area contributed by atoms with E-state index < -0.39 is 16.4 Å². The van der Waals surface area contributed by atoms with Crippen LogP contribution in [0.4, 0.5) is 10.1 Å². The van der Waals surface area contributed by atoms with Crippen LogP contribution >= 0.6 is 0 Å². The van der Waals surface area contributed by atoms with Crippen LogP contribution in [0.2, 0.25) is 0 Å².